The van der Waals surface area contributed by atoms with E-state index in [9.17, 15) is 9.18 Å². The number of carboxylic acids is 1. The molecule has 4 N–H and O–H groups in total. The molecule has 1 rings (SSSR count). The Morgan fingerprint density at radius 2 is 2.28 bits per heavy atom. The van der Waals surface area contributed by atoms with Crippen molar-refractivity contribution in [3.63, 3.8) is 0 Å². The van der Waals surface area contributed by atoms with E-state index in [2.05, 4.69) is 5.32 Å². The van der Waals surface area contributed by atoms with Gasteiger partial charge in [-0.15, -0.1) is 0 Å². The first kappa shape index (κ1) is 14.2. The molecule has 0 fully saturated rings. The van der Waals surface area contributed by atoms with Crippen molar-refractivity contribution in [1.29, 1.82) is 0 Å². The second-order valence-electron chi connectivity index (χ2n) is 3.89. The molecule has 18 heavy (non-hydrogen) atoms. The first-order valence-corrected chi connectivity index (χ1v) is 5.62. The molecule has 100 valence electrons. The van der Waals surface area contributed by atoms with E-state index in [0.717, 1.165) is 6.07 Å². The first-order chi connectivity index (χ1) is 8.47. The van der Waals surface area contributed by atoms with Crippen molar-refractivity contribution >= 4 is 17.3 Å². The zero-order valence-electron chi connectivity index (χ0n) is 10.4. The SMILES string of the molecule is CCOCC(C)Nc1ccc(F)c(N)c1C(=O)O. The van der Waals surface area contributed by atoms with Crippen LogP contribution < -0.4 is 11.1 Å². The van der Waals surface area contributed by atoms with Gasteiger partial charge in [0.05, 0.1) is 18.0 Å². The summed E-state index contributed by atoms with van der Waals surface area (Å²) in [7, 11) is 0. The maximum Gasteiger partial charge on any atom is 0.340 e. The van der Waals surface area contributed by atoms with Gasteiger partial charge in [-0.3, -0.25) is 0 Å². The van der Waals surface area contributed by atoms with Crippen LogP contribution in [0.2, 0.25) is 0 Å². The standard InChI is InChI=1S/C12H17FN2O3/c1-3-18-6-7(2)15-9-5-4-8(13)11(14)10(9)12(16)17/h4-5,7,15H,3,6,14H2,1-2H3,(H,16,17). The monoisotopic (exact) mass is 256 g/mol. The van der Waals surface area contributed by atoms with Gasteiger partial charge in [-0.2, -0.15) is 0 Å². The molecule has 0 radical (unpaired) electrons. The van der Waals surface area contributed by atoms with E-state index >= 15 is 0 Å². The largest absolute Gasteiger partial charge is 0.478 e. The van der Waals surface area contributed by atoms with Crippen LogP contribution in [0.25, 0.3) is 0 Å². The van der Waals surface area contributed by atoms with Gasteiger partial charge >= 0.3 is 5.97 Å². The van der Waals surface area contributed by atoms with Crippen molar-refractivity contribution < 1.29 is 19.0 Å². The summed E-state index contributed by atoms with van der Waals surface area (Å²) in [6.45, 7) is 4.70. The summed E-state index contributed by atoms with van der Waals surface area (Å²) in [5, 5.41) is 12.0. The Kier molecular flexibility index (Phi) is 4.91. The van der Waals surface area contributed by atoms with Crippen LogP contribution in [0.15, 0.2) is 12.1 Å². The normalized spacial score (nSPS) is 12.2. The summed E-state index contributed by atoms with van der Waals surface area (Å²) in [6.07, 6.45) is 0. The second-order valence-corrected chi connectivity index (χ2v) is 3.89. The lowest BCUT2D eigenvalue weighted by molar-refractivity contribution is 0.0698. The number of halogens is 1. The molecular formula is C12H17FN2O3. The molecule has 0 saturated heterocycles. The number of hydrogen-bond donors (Lipinski definition) is 3. The van der Waals surface area contributed by atoms with Gasteiger partial charge in [-0.25, -0.2) is 9.18 Å². The maximum absolute atomic E-state index is 13.2. The van der Waals surface area contributed by atoms with Crippen molar-refractivity contribution in [2.75, 3.05) is 24.3 Å². The topological polar surface area (TPSA) is 84.6 Å². The quantitative estimate of drug-likeness (QED) is 0.677. The van der Waals surface area contributed by atoms with Crippen LogP contribution in [0.3, 0.4) is 0 Å². The van der Waals surface area contributed by atoms with Crippen molar-refractivity contribution in [3.8, 4) is 0 Å². The third kappa shape index (κ3) is 3.33. The van der Waals surface area contributed by atoms with Crippen molar-refractivity contribution in [3.05, 3.63) is 23.5 Å². The number of carboxylic acid groups (broad SMARTS) is 1. The maximum atomic E-state index is 13.2. The fraction of sp³-hybridized carbons (Fsp3) is 0.417. The van der Waals surface area contributed by atoms with E-state index < -0.39 is 11.8 Å². The smallest absolute Gasteiger partial charge is 0.340 e. The Balaban J connectivity index is 2.95. The van der Waals surface area contributed by atoms with Gasteiger partial charge in [-0.1, -0.05) is 0 Å². The Morgan fingerprint density at radius 3 is 2.83 bits per heavy atom. The van der Waals surface area contributed by atoms with E-state index in [1.807, 2.05) is 13.8 Å². The fourth-order valence-electron chi connectivity index (χ4n) is 1.55. The highest BCUT2D eigenvalue weighted by atomic mass is 19.1. The summed E-state index contributed by atoms with van der Waals surface area (Å²) >= 11 is 0. The average Bonchev–Trinajstić information content (AvgIpc) is 2.31. The summed E-state index contributed by atoms with van der Waals surface area (Å²) < 4.78 is 18.4. The van der Waals surface area contributed by atoms with E-state index in [1.165, 1.54) is 6.07 Å². The zero-order chi connectivity index (χ0) is 13.7. The molecule has 1 unspecified atom stereocenters. The van der Waals surface area contributed by atoms with Crippen LogP contribution >= 0.6 is 0 Å². The highest BCUT2D eigenvalue weighted by Gasteiger charge is 2.18. The molecule has 1 atom stereocenters. The highest BCUT2D eigenvalue weighted by Crippen LogP contribution is 2.25. The van der Waals surface area contributed by atoms with Gasteiger partial charge in [0, 0.05) is 12.6 Å². The number of anilines is 2. The predicted molar refractivity (Wildman–Crippen MR) is 67.3 cm³/mol. The van der Waals surface area contributed by atoms with Crippen molar-refractivity contribution in [2.24, 2.45) is 0 Å². The third-order valence-electron chi connectivity index (χ3n) is 2.38. The van der Waals surface area contributed by atoms with Crippen LogP contribution in [0.5, 0.6) is 0 Å². The number of aromatic carboxylic acids is 1. The van der Waals surface area contributed by atoms with Crippen LogP contribution in [-0.2, 0) is 4.74 Å². The zero-order valence-corrected chi connectivity index (χ0v) is 10.4. The van der Waals surface area contributed by atoms with Gasteiger partial charge in [0.1, 0.15) is 11.4 Å². The lowest BCUT2D eigenvalue weighted by Crippen LogP contribution is -2.23. The van der Waals surface area contributed by atoms with Crippen LogP contribution in [0.4, 0.5) is 15.8 Å². The van der Waals surface area contributed by atoms with Gasteiger partial charge in [0.25, 0.3) is 0 Å². The molecule has 1 aromatic rings. The number of nitrogens with two attached hydrogens (primary N) is 1. The number of rotatable bonds is 6. The Morgan fingerprint density at radius 1 is 1.61 bits per heavy atom. The van der Waals surface area contributed by atoms with E-state index in [0.29, 0.717) is 13.2 Å². The molecule has 0 aliphatic carbocycles. The molecular weight excluding hydrogens is 239 g/mol. The predicted octanol–water partition coefficient (Wildman–Crippen LogP) is 1.94. The minimum Gasteiger partial charge on any atom is -0.478 e. The average molecular weight is 256 g/mol. The van der Waals surface area contributed by atoms with Gasteiger partial charge in [-0.05, 0) is 26.0 Å². The van der Waals surface area contributed by atoms with Crippen molar-refractivity contribution in [1.82, 2.24) is 0 Å². The highest BCUT2D eigenvalue weighted by molar-refractivity contribution is 6.00. The number of ether oxygens (including phenoxy) is 1. The number of hydrogen-bond acceptors (Lipinski definition) is 4. The minimum absolute atomic E-state index is 0.104. The Hall–Kier alpha value is -1.82. The second kappa shape index (κ2) is 6.20. The van der Waals surface area contributed by atoms with E-state index in [1.54, 1.807) is 0 Å². The van der Waals surface area contributed by atoms with Crippen LogP contribution in [-0.4, -0.2) is 30.3 Å². The third-order valence-corrected chi connectivity index (χ3v) is 2.38. The molecule has 0 amide bonds. The molecule has 6 heteroatoms. The van der Waals surface area contributed by atoms with Crippen LogP contribution in [0.1, 0.15) is 24.2 Å². The van der Waals surface area contributed by atoms with Gasteiger partial charge < -0.3 is 20.9 Å². The lowest BCUT2D eigenvalue weighted by atomic mass is 10.1. The summed E-state index contributed by atoms with van der Waals surface area (Å²) in [5.41, 5.74) is 5.10. The molecule has 0 spiro atoms. The molecule has 0 saturated carbocycles. The number of carbonyl (C=O) groups is 1. The fourth-order valence-corrected chi connectivity index (χ4v) is 1.55. The Labute approximate surface area is 105 Å². The van der Waals surface area contributed by atoms with Gasteiger partial charge in [0.2, 0.25) is 0 Å². The molecule has 0 aliphatic heterocycles. The minimum atomic E-state index is -1.27. The molecule has 1 aromatic carbocycles. The van der Waals surface area contributed by atoms with Gasteiger partial charge in [0.15, 0.2) is 0 Å². The van der Waals surface area contributed by atoms with Crippen LogP contribution in [0, 0.1) is 5.82 Å². The number of benzene rings is 1. The molecule has 0 aromatic heterocycles. The van der Waals surface area contributed by atoms with E-state index in [-0.39, 0.29) is 23.0 Å². The summed E-state index contributed by atoms with van der Waals surface area (Å²) in [5.74, 6) is -2.01. The summed E-state index contributed by atoms with van der Waals surface area (Å²) in [6, 6.07) is 2.39. The summed E-state index contributed by atoms with van der Waals surface area (Å²) in [4.78, 5) is 11.1. The van der Waals surface area contributed by atoms with Crippen molar-refractivity contribution in [2.45, 2.75) is 19.9 Å². The van der Waals surface area contributed by atoms with E-state index in [4.69, 9.17) is 15.6 Å². The number of nitrogen functional groups attached to an aromatic ring is 1. The molecule has 0 heterocycles. The Bertz CT molecular complexity index is 438. The first-order valence-electron chi connectivity index (χ1n) is 5.62. The molecule has 0 aliphatic rings. The molecule has 5 nitrogen and oxygen atoms in total. The number of nitrogens with one attached hydrogen (secondary N) is 1. The molecule has 0 bridgehead atoms. The lowest BCUT2D eigenvalue weighted by Gasteiger charge is -2.17.